The van der Waals surface area contributed by atoms with Gasteiger partial charge in [0.1, 0.15) is 0 Å². The zero-order valence-corrected chi connectivity index (χ0v) is 10.9. The summed E-state index contributed by atoms with van der Waals surface area (Å²) in [6.07, 6.45) is 0.383. The van der Waals surface area contributed by atoms with Gasteiger partial charge in [-0.3, -0.25) is 4.79 Å². The molecule has 1 rings (SSSR count). The van der Waals surface area contributed by atoms with E-state index in [9.17, 15) is 4.79 Å². The van der Waals surface area contributed by atoms with Gasteiger partial charge >= 0.3 is 0 Å². The summed E-state index contributed by atoms with van der Waals surface area (Å²) < 4.78 is 0. The third kappa shape index (κ3) is 4.19. The number of amides is 1. The minimum absolute atomic E-state index is 0.00735. The highest BCUT2D eigenvalue weighted by atomic mass is 16.1. The van der Waals surface area contributed by atoms with Gasteiger partial charge in [-0.05, 0) is 24.0 Å². The first-order valence-corrected chi connectivity index (χ1v) is 6.14. The normalized spacial score (nSPS) is 12.5. The fourth-order valence-electron chi connectivity index (χ4n) is 1.70. The van der Waals surface area contributed by atoms with E-state index < -0.39 is 0 Å². The second-order valence-corrected chi connectivity index (χ2v) is 4.65. The van der Waals surface area contributed by atoms with E-state index >= 15 is 0 Å². The number of hydrogen-bond donors (Lipinski definition) is 2. The largest absolute Gasteiger partial charge is 0.350 e. The second-order valence-electron chi connectivity index (χ2n) is 4.65. The third-order valence-corrected chi connectivity index (χ3v) is 2.85. The first-order chi connectivity index (χ1) is 8.04. The first-order valence-electron chi connectivity index (χ1n) is 6.14. The number of hydrogen-bond acceptors (Lipinski definition) is 2. The molecule has 1 unspecified atom stereocenters. The SMILES string of the molecule is CC(C)c1ccc(C(C)NC(=O)CCN)cc1. The molecule has 0 heterocycles. The highest BCUT2D eigenvalue weighted by molar-refractivity contribution is 5.76. The molecule has 0 aliphatic carbocycles. The van der Waals surface area contributed by atoms with Crippen LogP contribution < -0.4 is 11.1 Å². The van der Waals surface area contributed by atoms with Crippen molar-refractivity contribution < 1.29 is 4.79 Å². The summed E-state index contributed by atoms with van der Waals surface area (Å²) in [6.45, 7) is 6.71. The molecule has 3 nitrogen and oxygen atoms in total. The topological polar surface area (TPSA) is 55.1 Å². The highest BCUT2D eigenvalue weighted by Gasteiger charge is 2.09. The Hall–Kier alpha value is -1.35. The van der Waals surface area contributed by atoms with Crippen molar-refractivity contribution >= 4 is 5.91 Å². The lowest BCUT2D eigenvalue weighted by atomic mass is 9.99. The smallest absolute Gasteiger partial charge is 0.221 e. The van der Waals surface area contributed by atoms with E-state index in [0.717, 1.165) is 5.56 Å². The Labute approximate surface area is 103 Å². The maximum Gasteiger partial charge on any atom is 0.221 e. The van der Waals surface area contributed by atoms with Gasteiger partial charge in [-0.25, -0.2) is 0 Å². The molecule has 0 fully saturated rings. The Morgan fingerprint density at radius 1 is 1.18 bits per heavy atom. The highest BCUT2D eigenvalue weighted by Crippen LogP contribution is 2.18. The zero-order valence-electron chi connectivity index (χ0n) is 10.9. The number of carbonyl (C=O) groups is 1. The predicted molar refractivity (Wildman–Crippen MR) is 70.8 cm³/mol. The van der Waals surface area contributed by atoms with Crippen molar-refractivity contribution in [3.8, 4) is 0 Å². The lowest BCUT2D eigenvalue weighted by Gasteiger charge is -2.15. The first kappa shape index (κ1) is 13.7. The van der Waals surface area contributed by atoms with Gasteiger partial charge in [0.2, 0.25) is 5.91 Å². The average Bonchev–Trinajstić information content (AvgIpc) is 2.29. The Kier molecular flexibility index (Phi) is 5.16. The van der Waals surface area contributed by atoms with Gasteiger partial charge in [-0.2, -0.15) is 0 Å². The van der Waals surface area contributed by atoms with E-state index in [-0.39, 0.29) is 11.9 Å². The van der Waals surface area contributed by atoms with Gasteiger partial charge in [0.15, 0.2) is 0 Å². The summed E-state index contributed by atoms with van der Waals surface area (Å²) in [5.41, 5.74) is 7.78. The number of rotatable bonds is 5. The van der Waals surface area contributed by atoms with Gasteiger partial charge in [0.25, 0.3) is 0 Å². The fraction of sp³-hybridized carbons (Fsp3) is 0.500. The zero-order chi connectivity index (χ0) is 12.8. The van der Waals surface area contributed by atoms with E-state index in [1.54, 1.807) is 0 Å². The van der Waals surface area contributed by atoms with Gasteiger partial charge in [0.05, 0.1) is 6.04 Å². The molecule has 1 atom stereocenters. The third-order valence-electron chi connectivity index (χ3n) is 2.85. The van der Waals surface area contributed by atoms with Crippen molar-refractivity contribution in [1.82, 2.24) is 5.32 Å². The van der Waals surface area contributed by atoms with E-state index in [2.05, 4.69) is 43.4 Å². The molecule has 0 aromatic heterocycles. The van der Waals surface area contributed by atoms with Crippen LogP contribution in [0.4, 0.5) is 0 Å². The lowest BCUT2D eigenvalue weighted by molar-refractivity contribution is -0.121. The van der Waals surface area contributed by atoms with Crippen molar-refractivity contribution in [2.75, 3.05) is 6.54 Å². The van der Waals surface area contributed by atoms with Crippen LogP contribution in [-0.4, -0.2) is 12.5 Å². The average molecular weight is 234 g/mol. The Balaban J connectivity index is 2.63. The Morgan fingerprint density at radius 2 is 1.71 bits per heavy atom. The van der Waals surface area contributed by atoms with Crippen molar-refractivity contribution in [1.29, 1.82) is 0 Å². The summed E-state index contributed by atoms with van der Waals surface area (Å²) in [4.78, 5) is 11.4. The molecule has 17 heavy (non-hydrogen) atoms. The molecule has 3 N–H and O–H groups in total. The number of nitrogens with one attached hydrogen (secondary N) is 1. The summed E-state index contributed by atoms with van der Waals surface area (Å²) in [5.74, 6) is 0.541. The molecule has 1 aromatic carbocycles. The monoisotopic (exact) mass is 234 g/mol. The maximum absolute atomic E-state index is 11.4. The predicted octanol–water partition coefficient (Wildman–Crippen LogP) is 2.34. The molecule has 1 amide bonds. The number of nitrogens with two attached hydrogens (primary N) is 1. The molecule has 0 saturated carbocycles. The van der Waals surface area contributed by atoms with Crippen LogP contribution in [0.2, 0.25) is 0 Å². The van der Waals surface area contributed by atoms with Crippen molar-refractivity contribution in [2.24, 2.45) is 5.73 Å². The van der Waals surface area contributed by atoms with Gasteiger partial charge in [-0.1, -0.05) is 38.1 Å². The van der Waals surface area contributed by atoms with Crippen molar-refractivity contribution in [2.45, 2.75) is 39.2 Å². The van der Waals surface area contributed by atoms with Crippen LogP contribution >= 0.6 is 0 Å². The van der Waals surface area contributed by atoms with E-state index in [1.807, 2.05) is 6.92 Å². The van der Waals surface area contributed by atoms with E-state index in [0.29, 0.717) is 18.9 Å². The number of carbonyl (C=O) groups excluding carboxylic acids is 1. The molecule has 0 aliphatic heterocycles. The standard InChI is InChI=1S/C14H22N2O/c1-10(2)12-4-6-13(7-5-12)11(3)16-14(17)8-9-15/h4-7,10-11H,8-9,15H2,1-3H3,(H,16,17). The van der Waals surface area contributed by atoms with Gasteiger partial charge in [-0.15, -0.1) is 0 Å². The summed E-state index contributed by atoms with van der Waals surface area (Å²) in [6, 6.07) is 8.41. The van der Waals surface area contributed by atoms with Crippen LogP contribution in [0.15, 0.2) is 24.3 Å². The summed E-state index contributed by atoms with van der Waals surface area (Å²) in [5, 5.41) is 2.93. The van der Waals surface area contributed by atoms with E-state index in [4.69, 9.17) is 5.73 Å². The molecule has 1 aromatic rings. The molecular weight excluding hydrogens is 212 g/mol. The van der Waals surface area contributed by atoms with Crippen LogP contribution in [0.3, 0.4) is 0 Å². The van der Waals surface area contributed by atoms with E-state index in [1.165, 1.54) is 5.56 Å². The Bertz CT molecular complexity index is 357. The lowest BCUT2D eigenvalue weighted by Crippen LogP contribution is -2.28. The van der Waals surface area contributed by atoms with Gasteiger partial charge < -0.3 is 11.1 Å². The minimum atomic E-state index is 0.00735. The van der Waals surface area contributed by atoms with Crippen molar-refractivity contribution in [3.63, 3.8) is 0 Å². The molecule has 0 radical (unpaired) electrons. The second kappa shape index (κ2) is 6.40. The number of benzene rings is 1. The van der Waals surface area contributed by atoms with Crippen molar-refractivity contribution in [3.05, 3.63) is 35.4 Å². The fourth-order valence-corrected chi connectivity index (χ4v) is 1.70. The van der Waals surface area contributed by atoms with Crippen LogP contribution in [0.5, 0.6) is 0 Å². The minimum Gasteiger partial charge on any atom is -0.350 e. The quantitative estimate of drug-likeness (QED) is 0.821. The molecule has 3 heteroatoms. The van der Waals surface area contributed by atoms with Crippen LogP contribution in [0.25, 0.3) is 0 Å². The molecule has 0 bridgehead atoms. The van der Waals surface area contributed by atoms with Gasteiger partial charge in [0, 0.05) is 13.0 Å². The molecule has 0 saturated heterocycles. The Morgan fingerprint density at radius 3 is 2.18 bits per heavy atom. The summed E-state index contributed by atoms with van der Waals surface area (Å²) in [7, 11) is 0. The van der Waals surface area contributed by atoms with Crippen LogP contribution in [0, 0.1) is 0 Å². The summed E-state index contributed by atoms with van der Waals surface area (Å²) >= 11 is 0. The molecule has 94 valence electrons. The maximum atomic E-state index is 11.4. The van der Waals surface area contributed by atoms with Crippen LogP contribution in [0.1, 0.15) is 50.3 Å². The molecular formula is C14H22N2O. The molecule has 0 aliphatic rings. The molecule has 0 spiro atoms. The van der Waals surface area contributed by atoms with Crippen LogP contribution in [-0.2, 0) is 4.79 Å².